The van der Waals surface area contributed by atoms with Gasteiger partial charge in [0.2, 0.25) is 0 Å². The lowest BCUT2D eigenvalue weighted by Crippen LogP contribution is -2.08. The molecule has 4 aromatic rings. The number of benzene rings is 3. The quantitative estimate of drug-likeness (QED) is 0.357. The van der Waals surface area contributed by atoms with Gasteiger partial charge in [-0.05, 0) is 71.4 Å². The first-order valence-corrected chi connectivity index (χ1v) is 10.8. The summed E-state index contributed by atoms with van der Waals surface area (Å²) < 4.78 is 5.31. The van der Waals surface area contributed by atoms with Gasteiger partial charge in [-0.15, -0.1) is 0 Å². The average molecular weight is 404 g/mol. The fourth-order valence-electron chi connectivity index (χ4n) is 4.34. The summed E-state index contributed by atoms with van der Waals surface area (Å²) in [6.07, 6.45) is 5.52. The van der Waals surface area contributed by atoms with Crippen LogP contribution in [-0.2, 0) is 6.42 Å². The van der Waals surface area contributed by atoms with Gasteiger partial charge in [-0.25, -0.2) is 4.98 Å². The molecule has 1 aromatic heterocycles. The maximum absolute atomic E-state index is 5.31. The molecule has 0 saturated carbocycles. The molecule has 0 aliphatic heterocycles. The van der Waals surface area contributed by atoms with E-state index in [2.05, 4.69) is 84.9 Å². The van der Waals surface area contributed by atoms with Crippen LogP contribution in [0.4, 0.5) is 0 Å². The molecule has 1 aliphatic rings. The topological polar surface area (TPSA) is 22.1 Å². The summed E-state index contributed by atoms with van der Waals surface area (Å²) in [5, 5.41) is 0. The molecule has 0 saturated heterocycles. The van der Waals surface area contributed by atoms with Crippen LogP contribution in [0.3, 0.4) is 0 Å². The van der Waals surface area contributed by atoms with Crippen LogP contribution in [-0.4, -0.2) is 12.1 Å². The molecule has 0 atom stereocenters. The first-order chi connectivity index (χ1) is 15.3. The molecule has 0 spiro atoms. The van der Waals surface area contributed by atoms with Crippen molar-refractivity contribution in [2.45, 2.75) is 19.3 Å². The van der Waals surface area contributed by atoms with Crippen molar-refractivity contribution in [1.82, 2.24) is 4.98 Å². The largest absolute Gasteiger partial charge is 0.497 e. The van der Waals surface area contributed by atoms with Gasteiger partial charge in [-0.2, -0.15) is 0 Å². The lowest BCUT2D eigenvalue weighted by atomic mass is 9.84. The Morgan fingerprint density at radius 2 is 1.45 bits per heavy atom. The third-order valence-electron chi connectivity index (χ3n) is 5.91. The number of allylic oxidation sites excluding steroid dienone is 1. The second kappa shape index (κ2) is 8.61. The number of hydrogen-bond donors (Lipinski definition) is 0. The maximum atomic E-state index is 5.31. The van der Waals surface area contributed by atoms with Gasteiger partial charge in [0.1, 0.15) is 5.75 Å². The third kappa shape index (κ3) is 4.02. The molecule has 0 N–H and O–H groups in total. The fourth-order valence-corrected chi connectivity index (χ4v) is 4.34. The van der Waals surface area contributed by atoms with Crippen molar-refractivity contribution in [3.05, 3.63) is 108 Å². The zero-order valence-corrected chi connectivity index (χ0v) is 17.7. The predicted octanol–water partition coefficient (Wildman–Crippen LogP) is 7.30. The standard InChI is InChI=1S/C29H25NO/c1-31-25-17-15-21(16-18-25)19-24-13-8-14-26-27(22-9-4-2-5-10-22)20-28(30-29(24)26)23-11-6-3-7-12-23/h2-7,9-12,15-20H,8,13-14H2,1H3/b24-19-. The average Bonchev–Trinajstić information content (AvgIpc) is 2.85. The highest BCUT2D eigenvalue weighted by Crippen LogP contribution is 2.39. The molecule has 1 heterocycles. The second-order valence-electron chi connectivity index (χ2n) is 7.91. The van der Waals surface area contributed by atoms with E-state index in [4.69, 9.17) is 9.72 Å². The van der Waals surface area contributed by atoms with Crippen LogP contribution in [0.2, 0.25) is 0 Å². The molecule has 5 rings (SSSR count). The van der Waals surface area contributed by atoms with Crippen LogP contribution in [0.25, 0.3) is 34.0 Å². The van der Waals surface area contributed by atoms with Gasteiger partial charge >= 0.3 is 0 Å². The van der Waals surface area contributed by atoms with Gasteiger partial charge in [0.15, 0.2) is 0 Å². The SMILES string of the molecule is COc1ccc(/C=C2/CCCc3c(-c4ccccc4)cc(-c4ccccc4)nc32)cc1. The number of aromatic nitrogens is 1. The first kappa shape index (κ1) is 19.3. The highest BCUT2D eigenvalue weighted by Gasteiger charge is 2.21. The summed E-state index contributed by atoms with van der Waals surface area (Å²) in [6, 6.07) is 31.7. The number of nitrogens with zero attached hydrogens (tertiary/aromatic N) is 1. The van der Waals surface area contributed by atoms with Gasteiger partial charge in [0.25, 0.3) is 0 Å². The summed E-state index contributed by atoms with van der Waals surface area (Å²) in [7, 11) is 1.70. The van der Waals surface area contributed by atoms with Crippen LogP contribution in [0.15, 0.2) is 91.0 Å². The van der Waals surface area contributed by atoms with Crippen molar-refractivity contribution < 1.29 is 4.74 Å². The Hall–Kier alpha value is -3.65. The summed E-state index contributed by atoms with van der Waals surface area (Å²) in [5.74, 6) is 0.877. The van der Waals surface area contributed by atoms with E-state index in [1.54, 1.807) is 7.11 Å². The van der Waals surface area contributed by atoms with Crippen molar-refractivity contribution in [3.63, 3.8) is 0 Å². The number of pyridine rings is 1. The van der Waals surface area contributed by atoms with Crippen molar-refractivity contribution in [1.29, 1.82) is 0 Å². The Morgan fingerprint density at radius 3 is 2.13 bits per heavy atom. The van der Waals surface area contributed by atoms with E-state index in [-0.39, 0.29) is 0 Å². The second-order valence-corrected chi connectivity index (χ2v) is 7.91. The van der Waals surface area contributed by atoms with E-state index in [1.165, 1.54) is 27.8 Å². The number of ether oxygens (including phenoxy) is 1. The highest BCUT2D eigenvalue weighted by atomic mass is 16.5. The molecule has 0 fully saturated rings. The lowest BCUT2D eigenvalue weighted by Gasteiger charge is -2.23. The molecular formula is C29H25NO. The number of fused-ring (bicyclic) bond motifs is 1. The minimum absolute atomic E-state index is 0.877. The van der Waals surface area contributed by atoms with Crippen LogP contribution in [0.1, 0.15) is 29.7 Å². The zero-order valence-electron chi connectivity index (χ0n) is 17.7. The first-order valence-electron chi connectivity index (χ1n) is 10.8. The Bertz CT molecular complexity index is 1210. The van der Waals surface area contributed by atoms with Crippen LogP contribution in [0, 0.1) is 0 Å². The van der Waals surface area contributed by atoms with E-state index in [0.29, 0.717) is 0 Å². The van der Waals surface area contributed by atoms with Crippen molar-refractivity contribution in [3.8, 4) is 28.1 Å². The van der Waals surface area contributed by atoms with Crippen molar-refractivity contribution in [2.75, 3.05) is 7.11 Å². The molecule has 31 heavy (non-hydrogen) atoms. The van der Waals surface area contributed by atoms with Gasteiger partial charge in [-0.3, -0.25) is 0 Å². The summed E-state index contributed by atoms with van der Waals surface area (Å²) in [6.45, 7) is 0. The van der Waals surface area contributed by atoms with Crippen LogP contribution in [0.5, 0.6) is 5.75 Å². The summed E-state index contributed by atoms with van der Waals surface area (Å²) in [5.41, 5.74) is 9.71. The predicted molar refractivity (Wildman–Crippen MR) is 129 cm³/mol. The van der Waals surface area contributed by atoms with E-state index in [1.807, 2.05) is 12.1 Å². The molecule has 0 radical (unpaired) electrons. The smallest absolute Gasteiger partial charge is 0.118 e. The molecular weight excluding hydrogens is 378 g/mol. The van der Waals surface area contributed by atoms with E-state index in [0.717, 1.165) is 42.0 Å². The maximum Gasteiger partial charge on any atom is 0.118 e. The molecule has 2 nitrogen and oxygen atoms in total. The number of rotatable bonds is 4. The van der Waals surface area contributed by atoms with Crippen molar-refractivity contribution in [2.24, 2.45) is 0 Å². The molecule has 2 heteroatoms. The molecule has 0 bridgehead atoms. The Kier molecular flexibility index (Phi) is 5.37. The molecule has 1 aliphatic carbocycles. The molecule has 0 unspecified atom stereocenters. The normalized spacial score (nSPS) is 14.3. The highest BCUT2D eigenvalue weighted by molar-refractivity contribution is 5.87. The minimum Gasteiger partial charge on any atom is -0.497 e. The van der Waals surface area contributed by atoms with E-state index < -0.39 is 0 Å². The molecule has 3 aromatic carbocycles. The third-order valence-corrected chi connectivity index (χ3v) is 5.91. The van der Waals surface area contributed by atoms with Gasteiger partial charge in [0.05, 0.1) is 18.5 Å². The summed E-state index contributed by atoms with van der Waals surface area (Å²) in [4.78, 5) is 5.19. The fraction of sp³-hybridized carbons (Fsp3) is 0.138. The Labute approximate surface area is 183 Å². The number of methoxy groups -OCH3 is 1. The monoisotopic (exact) mass is 403 g/mol. The van der Waals surface area contributed by atoms with E-state index in [9.17, 15) is 0 Å². The van der Waals surface area contributed by atoms with Crippen LogP contribution < -0.4 is 4.74 Å². The lowest BCUT2D eigenvalue weighted by molar-refractivity contribution is 0.415. The van der Waals surface area contributed by atoms with Crippen LogP contribution >= 0.6 is 0 Å². The number of hydrogen-bond acceptors (Lipinski definition) is 2. The Morgan fingerprint density at radius 1 is 0.774 bits per heavy atom. The van der Waals surface area contributed by atoms with Gasteiger partial charge in [0, 0.05) is 5.56 Å². The van der Waals surface area contributed by atoms with Gasteiger partial charge < -0.3 is 4.74 Å². The molecule has 0 amide bonds. The minimum atomic E-state index is 0.877. The Balaban J connectivity index is 1.68. The summed E-state index contributed by atoms with van der Waals surface area (Å²) >= 11 is 0. The zero-order chi connectivity index (χ0) is 21.0. The molecule has 152 valence electrons. The van der Waals surface area contributed by atoms with Gasteiger partial charge in [-0.1, -0.05) is 72.8 Å². The van der Waals surface area contributed by atoms with Crippen molar-refractivity contribution >= 4 is 11.6 Å². The van der Waals surface area contributed by atoms with E-state index >= 15 is 0 Å².